The van der Waals surface area contributed by atoms with Crippen molar-refractivity contribution in [3.8, 4) is 0 Å². The SMILES string of the molecule is C=C(C(=O)OC)C(O)CC(C)CCC=C(C)CC. The molecule has 0 aromatic rings. The first kappa shape index (κ1) is 16.9. The number of rotatable bonds is 8. The Kier molecular flexibility index (Phi) is 8.38. The van der Waals surface area contributed by atoms with Gasteiger partial charge in [0.2, 0.25) is 0 Å². The van der Waals surface area contributed by atoms with Gasteiger partial charge in [0.05, 0.1) is 18.8 Å². The van der Waals surface area contributed by atoms with Crippen LogP contribution < -0.4 is 0 Å². The van der Waals surface area contributed by atoms with E-state index in [4.69, 9.17) is 0 Å². The zero-order valence-corrected chi connectivity index (χ0v) is 12.0. The third-order valence-electron chi connectivity index (χ3n) is 3.19. The number of hydrogen-bond acceptors (Lipinski definition) is 3. The molecular weight excluding hydrogens is 228 g/mol. The van der Waals surface area contributed by atoms with Crippen molar-refractivity contribution < 1.29 is 14.6 Å². The van der Waals surface area contributed by atoms with E-state index in [1.807, 2.05) is 0 Å². The number of carbonyl (C=O) groups is 1. The van der Waals surface area contributed by atoms with E-state index in [1.165, 1.54) is 12.7 Å². The first-order valence-electron chi connectivity index (χ1n) is 6.53. The Hall–Kier alpha value is -1.09. The standard InChI is InChI=1S/C15H26O3/c1-6-11(2)8-7-9-12(3)10-14(16)13(4)15(17)18-5/h8,12,14,16H,4,6-7,9-10H2,1-3,5H3. The second kappa shape index (κ2) is 8.92. The van der Waals surface area contributed by atoms with Crippen molar-refractivity contribution in [1.29, 1.82) is 0 Å². The molecule has 0 amide bonds. The number of esters is 1. The maximum absolute atomic E-state index is 11.2. The molecule has 0 aliphatic carbocycles. The molecule has 0 saturated carbocycles. The van der Waals surface area contributed by atoms with Crippen LogP contribution in [0.15, 0.2) is 23.8 Å². The van der Waals surface area contributed by atoms with Crippen LogP contribution >= 0.6 is 0 Å². The molecule has 0 rings (SSSR count). The lowest BCUT2D eigenvalue weighted by atomic mass is 9.94. The Labute approximate surface area is 111 Å². The van der Waals surface area contributed by atoms with Gasteiger partial charge in [-0.3, -0.25) is 0 Å². The molecule has 0 aromatic heterocycles. The maximum Gasteiger partial charge on any atom is 0.335 e. The lowest BCUT2D eigenvalue weighted by molar-refractivity contribution is -0.137. The molecule has 0 radical (unpaired) electrons. The normalized spacial score (nSPS) is 15.1. The molecule has 0 aliphatic heterocycles. The third kappa shape index (κ3) is 6.60. The zero-order chi connectivity index (χ0) is 14.1. The van der Waals surface area contributed by atoms with Gasteiger partial charge in [0, 0.05) is 0 Å². The molecule has 104 valence electrons. The maximum atomic E-state index is 11.2. The molecule has 3 heteroatoms. The zero-order valence-electron chi connectivity index (χ0n) is 12.0. The van der Waals surface area contributed by atoms with Gasteiger partial charge in [0.25, 0.3) is 0 Å². The quantitative estimate of drug-likeness (QED) is 0.411. The Bertz CT molecular complexity index is 305. The Balaban J connectivity index is 4.05. The Morgan fingerprint density at radius 3 is 2.61 bits per heavy atom. The van der Waals surface area contributed by atoms with Crippen molar-refractivity contribution >= 4 is 5.97 Å². The van der Waals surface area contributed by atoms with E-state index in [2.05, 4.69) is 38.2 Å². The van der Waals surface area contributed by atoms with Crippen LogP contribution in [-0.2, 0) is 9.53 Å². The summed E-state index contributed by atoms with van der Waals surface area (Å²) in [4.78, 5) is 11.2. The second-order valence-electron chi connectivity index (χ2n) is 4.85. The van der Waals surface area contributed by atoms with Gasteiger partial charge in [0.15, 0.2) is 0 Å². The fraction of sp³-hybridized carbons (Fsp3) is 0.667. The first-order chi connectivity index (χ1) is 8.42. The van der Waals surface area contributed by atoms with Crippen LogP contribution in [0.4, 0.5) is 0 Å². The smallest absolute Gasteiger partial charge is 0.335 e. The summed E-state index contributed by atoms with van der Waals surface area (Å²) in [6.07, 6.45) is 5.08. The van der Waals surface area contributed by atoms with Gasteiger partial charge in [-0.25, -0.2) is 4.79 Å². The fourth-order valence-electron chi connectivity index (χ4n) is 1.67. The van der Waals surface area contributed by atoms with Crippen molar-refractivity contribution in [2.45, 2.75) is 52.6 Å². The number of hydrogen-bond donors (Lipinski definition) is 1. The molecule has 0 bridgehead atoms. The number of carbonyl (C=O) groups excluding carboxylic acids is 1. The van der Waals surface area contributed by atoms with Gasteiger partial charge in [-0.1, -0.05) is 32.1 Å². The van der Waals surface area contributed by atoms with E-state index in [1.54, 1.807) is 0 Å². The van der Waals surface area contributed by atoms with Gasteiger partial charge >= 0.3 is 5.97 Å². The lowest BCUT2D eigenvalue weighted by Crippen LogP contribution is -2.20. The van der Waals surface area contributed by atoms with Crippen LogP contribution in [0, 0.1) is 5.92 Å². The minimum atomic E-state index is -0.802. The van der Waals surface area contributed by atoms with E-state index in [0.29, 0.717) is 12.3 Å². The number of methoxy groups -OCH3 is 1. The Morgan fingerprint density at radius 2 is 2.11 bits per heavy atom. The predicted molar refractivity (Wildman–Crippen MR) is 74.2 cm³/mol. The molecule has 0 heterocycles. The molecule has 2 atom stereocenters. The second-order valence-corrected chi connectivity index (χ2v) is 4.85. The van der Waals surface area contributed by atoms with Gasteiger partial charge < -0.3 is 9.84 Å². The summed E-state index contributed by atoms with van der Waals surface area (Å²) in [5.41, 5.74) is 1.53. The minimum Gasteiger partial charge on any atom is -0.466 e. The van der Waals surface area contributed by atoms with Crippen LogP contribution in [-0.4, -0.2) is 24.3 Å². The van der Waals surface area contributed by atoms with Crippen molar-refractivity contribution in [2.24, 2.45) is 5.92 Å². The number of ether oxygens (including phenoxy) is 1. The van der Waals surface area contributed by atoms with Crippen LogP contribution in [0.1, 0.15) is 46.5 Å². The Morgan fingerprint density at radius 1 is 1.50 bits per heavy atom. The summed E-state index contributed by atoms with van der Waals surface area (Å²) >= 11 is 0. The highest BCUT2D eigenvalue weighted by Gasteiger charge is 2.19. The van der Waals surface area contributed by atoms with Crippen molar-refractivity contribution in [1.82, 2.24) is 0 Å². The molecule has 18 heavy (non-hydrogen) atoms. The molecule has 0 fully saturated rings. The van der Waals surface area contributed by atoms with Crippen molar-refractivity contribution in [2.75, 3.05) is 7.11 Å². The highest BCUT2D eigenvalue weighted by molar-refractivity contribution is 5.88. The highest BCUT2D eigenvalue weighted by atomic mass is 16.5. The van der Waals surface area contributed by atoms with E-state index in [-0.39, 0.29) is 5.57 Å². The summed E-state index contributed by atoms with van der Waals surface area (Å²) < 4.78 is 4.53. The summed E-state index contributed by atoms with van der Waals surface area (Å²) in [5.74, 6) is -0.182. The number of aliphatic hydroxyl groups is 1. The van der Waals surface area contributed by atoms with Crippen LogP contribution in [0.5, 0.6) is 0 Å². The predicted octanol–water partition coefficient (Wildman–Crippen LogP) is 3.24. The number of aliphatic hydroxyl groups excluding tert-OH is 1. The fourth-order valence-corrected chi connectivity index (χ4v) is 1.67. The molecule has 2 unspecified atom stereocenters. The molecule has 0 spiro atoms. The van der Waals surface area contributed by atoms with E-state index < -0.39 is 12.1 Å². The van der Waals surface area contributed by atoms with Crippen LogP contribution in [0.25, 0.3) is 0 Å². The summed E-state index contributed by atoms with van der Waals surface area (Å²) in [7, 11) is 1.29. The third-order valence-corrected chi connectivity index (χ3v) is 3.19. The lowest BCUT2D eigenvalue weighted by Gasteiger charge is -2.16. The number of allylic oxidation sites excluding steroid dienone is 2. The summed E-state index contributed by atoms with van der Waals surface area (Å²) in [5, 5.41) is 9.83. The molecule has 0 aromatic carbocycles. The van der Waals surface area contributed by atoms with Gasteiger partial charge in [-0.05, 0) is 38.5 Å². The van der Waals surface area contributed by atoms with Crippen molar-refractivity contribution in [3.05, 3.63) is 23.8 Å². The van der Waals surface area contributed by atoms with E-state index in [0.717, 1.165) is 19.3 Å². The average Bonchev–Trinajstić information content (AvgIpc) is 2.36. The van der Waals surface area contributed by atoms with Gasteiger partial charge in [0.1, 0.15) is 0 Å². The topological polar surface area (TPSA) is 46.5 Å². The van der Waals surface area contributed by atoms with Gasteiger partial charge in [-0.15, -0.1) is 0 Å². The minimum absolute atomic E-state index is 0.143. The molecule has 0 saturated heterocycles. The van der Waals surface area contributed by atoms with Crippen LogP contribution in [0.3, 0.4) is 0 Å². The summed E-state index contributed by atoms with van der Waals surface area (Å²) in [6, 6.07) is 0. The molecular formula is C15H26O3. The first-order valence-corrected chi connectivity index (χ1v) is 6.53. The monoisotopic (exact) mass is 254 g/mol. The van der Waals surface area contributed by atoms with Gasteiger partial charge in [-0.2, -0.15) is 0 Å². The van der Waals surface area contributed by atoms with Crippen LogP contribution in [0.2, 0.25) is 0 Å². The van der Waals surface area contributed by atoms with Crippen molar-refractivity contribution in [3.63, 3.8) is 0 Å². The molecule has 1 N–H and O–H groups in total. The van der Waals surface area contributed by atoms with E-state index >= 15 is 0 Å². The molecule has 0 aliphatic rings. The highest BCUT2D eigenvalue weighted by Crippen LogP contribution is 2.18. The van der Waals surface area contributed by atoms with E-state index in [9.17, 15) is 9.90 Å². The largest absolute Gasteiger partial charge is 0.466 e. The average molecular weight is 254 g/mol. The summed E-state index contributed by atoms with van der Waals surface area (Å²) in [6.45, 7) is 9.90. The molecule has 3 nitrogen and oxygen atoms in total.